The van der Waals surface area contributed by atoms with E-state index in [1.807, 2.05) is 12.1 Å². The van der Waals surface area contributed by atoms with Gasteiger partial charge in [-0.3, -0.25) is 0 Å². The van der Waals surface area contributed by atoms with Crippen LogP contribution in [0.3, 0.4) is 0 Å². The van der Waals surface area contributed by atoms with Crippen LogP contribution in [-0.4, -0.2) is 61.6 Å². The molecule has 0 aromatic heterocycles. The van der Waals surface area contributed by atoms with Crippen LogP contribution in [0.25, 0.3) is 0 Å². The summed E-state index contributed by atoms with van der Waals surface area (Å²) in [7, 11) is 1.56. The van der Waals surface area contributed by atoms with Crippen LogP contribution in [0, 0.1) is 5.92 Å². The van der Waals surface area contributed by atoms with Crippen molar-refractivity contribution in [3.05, 3.63) is 54.1 Å². The molecular weight excluding hydrogens is 426 g/mol. The van der Waals surface area contributed by atoms with E-state index < -0.39 is 18.2 Å². The summed E-state index contributed by atoms with van der Waals surface area (Å²) in [6.07, 6.45) is 1.24. The fraction of sp³-hybridized carbons (Fsp3) is 0.440. The fourth-order valence-electron chi connectivity index (χ4n) is 3.33. The topological polar surface area (TPSA) is 94.5 Å². The van der Waals surface area contributed by atoms with Gasteiger partial charge in [-0.1, -0.05) is 18.2 Å². The zero-order valence-corrected chi connectivity index (χ0v) is 19.1. The molecule has 0 heterocycles. The van der Waals surface area contributed by atoms with E-state index in [0.717, 1.165) is 18.4 Å². The van der Waals surface area contributed by atoms with Crippen LogP contribution in [0.15, 0.2) is 48.5 Å². The van der Waals surface area contributed by atoms with Crippen molar-refractivity contribution < 1.29 is 33.6 Å². The second-order valence-corrected chi connectivity index (χ2v) is 7.92. The van der Waals surface area contributed by atoms with Gasteiger partial charge in [-0.05, 0) is 55.5 Å². The lowest BCUT2D eigenvalue weighted by molar-refractivity contribution is -0.149. The molecule has 1 unspecified atom stereocenters. The molecule has 0 spiro atoms. The van der Waals surface area contributed by atoms with E-state index in [4.69, 9.17) is 18.9 Å². The number of nitrogens with zero attached hydrogens (tertiary/aromatic N) is 1. The van der Waals surface area contributed by atoms with Gasteiger partial charge in [0.05, 0.1) is 13.7 Å². The standard InChI is InChI=1S/C25H31NO7/c1-3-31-23(24(27)28)15-18-9-11-20(12-10-18)32-14-13-26(17-19-7-8-19)25(29)33-22-6-4-5-21(16-22)30-2/h4-6,9-12,16,19,23H,3,7-8,13-15,17H2,1-2H3,(H,27,28). The van der Waals surface area contributed by atoms with Gasteiger partial charge in [0, 0.05) is 25.6 Å². The Balaban J connectivity index is 1.51. The zero-order valence-electron chi connectivity index (χ0n) is 19.1. The molecule has 0 aliphatic heterocycles. The van der Waals surface area contributed by atoms with Gasteiger partial charge >= 0.3 is 12.1 Å². The van der Waals surface area contributed by atoms with Crippen molar-refractivity contribution in [2.45, 2.75) is 32.3 Å². The highest BCUT2D eigenvalue weighted by Crippen LogP contribution is 2.30. The normalized spacial score (nSPS) is 13.8. The van der Waals surface area contributed by atoms with E-state index in [9.17, 15) is 14.7 Å². The van der Waals surface area contributed by atoms with E-state index in [-0.39, 0.29) is 6.42 Å². The Kier molecular flexibility index (Phi) is 8.95. The molecule has 1 amide bonds. The Bertz CT molecular complexity index is 911. The molecule has 178 valence electrons. The maximum absolute atomic E-state index is 12.7. The molecular formula is C25H31NO7. The first kappa shape index (κ1) is 24.4. The maximum Gasteiger partial charge on any atom is 0.415 e. The number of carbonyl (C=O) groups is 2. The van der Waals surface area contributed by atoms with Gasteiger partial charge in [-0.25, -0.2) is 9.59 Å². The number of methoxy groups -OCH3 is 1. The Labute approximate surface area is 194 Å². The van der Waals surface area contributed by atoms with E-state index in [1.54, 1.807) is 55.3 Å². The van der Waals surface area contributed by atoms with Crippen LogP contribution in [0.4, 0.5) is 4.79 Å². The first-order valence-corrected chi connectivity index (χ1v) is 11.2. The van der Waals surface area contributed by atoms with Crippen LogP contribution in [0.1, 0.15) is 25.3 Å². The van der Waals surface area contributed by atoms with Crippen molar-refractivity contribution in [1.82, 2.24) is 4.90 Å². The van der Waals surface area contributed by atoms with Crippen molar-refractivity contribution >= 4 is 12.1 Å². The van der Waals surface area contributed by atoms with Crippen LogP contribution in [-0.2, 0) is 16.0 Å². The maximum atomic E-state index is 12.7. The number of aliphatic carboxylic acids is 1. The molecule has 0 bridgehead atoms. The highest BCUT2D eigenvalue weighted by molar-refractivity contribution is 5.72. The summed E-state index contributed by atoms with van der Waals surface area (Å²) in [5, 5.41) is 9.22. The average molecular weight is 458 g/mol. The quantitative estimate of drug-likeness (QED) is 0.485. The summed E-state index contributed by atoms with van der Waals surface area (Å²) in [4.78, 5) is 25.6. The Morgan fingerprint density at radius 2 is 1.82 bits per heavy atom. The summed E-state index contributed by atoms with van der Waals surface area (Å²) >= 11 is 0. The average Bonchev–Trinajstić information content (AvgIpc) is 3.63. The summed E-state index contributed by atoms with van der Waals surface area (Å²) in [5.74, 6) is 1.23. The zero-order chi connectivity index (χ0) is 23.6. The minimum atomic E-state index is -0.978. The van der Waals surface area contributed by atoms with Crippen LogP contribution in [0.2, 0.25) is 0 Å². The van der Waals surface area contributed by atoms with Crippen molar-refractivity contribution in [2.75, 3.05) is 33.4 Å². The van der Waals surface area contributed by atoms with E-state index in [2.05, 4.69) is 0 Å². The van der Waals surface area contributed by atoms with E-state index in [0.29, 0.717) is 49.5 Å². The third kappa shape index (κ3) is 7.98. The molecule has 3 rings (SSSR count). The summed E-state index contributed by atoms with van der Waals surface area (Å²) in [5.41, 5.74) is 0.848. The summed E-state index contributed by atoms with van der Waals surface area (Å²) in [6.45, 7) is 3.46. The number of hydrogen-bond donors (Lipinski definition) is 1. The molecule has 8 heteroatoms. The second-order valence-electron chi connectivity index (χ2n) is 7.92. The third-order valence-corrected chi connectivity index (χ3v) is 5.30. The molecule has 0 radical (unpaired) electrons. The summed E-state index contributed by atoms with van der Waals surface area (Å²) < 4.78 is 21.8. The Morgan fingerprint density at radius 3 is 2.45 bits per heavy atom. The Hall–Kier alpha value is -3.26. The molecule has 1 saturated carbocycles. The smallest absolute Gasteiger partial charge is 0.415 e. The monoisotopic (exact) mass is 457 g/mol. The molecule has 1 aliphatic carbocycles. The lowest BCUT2D eigenvalue weighted by Crippen LogP contribution is -2.38. The molecule has 0 saturated heterocycles. The number of amides is 1. The molecule has 1 aliphatic rings. The van der Waals surface area contributed by atoms with Crippen molar-refractivity contribution in [3.63, 3.8) is 0 Å². The highest BCUT2D eigenvalue weighted by atomic mass is 16.6. The van der Waals surface area contributed by atoms with Gasteiger partial charge in [-0.15, -0.1) is 0 Å². The minimum Gasteiger partial charge on any atom is -0.497 e. The van der Waals surface area contributed by atoms with Crippen LogP contribution in [0.5, 0.6) is 17.2 Å². The van der Waals surface area contributed by atoms with Gasteiger partial charge in [0.25, 0.3) is 0 Å². The van der Waals surface area contributed by atoms with Crippen molar-refractivity contribution in [2.24, 2.45) is 5.92 Å². The third-order valence-electron chi connectivity index (χ3n) is 5.30. The largest absolute Gasteiger partial charge is 0.497 e. The van der Waals surface area contributed by atoms with E-state index in [1.165, 1.54) is 0 Å². The molecule has 2 aromatic rings. The molecule has 8 nitrogen and oxygen atoms in total. The predicted octanol–water partition coefficient (Wildman–Crippen LogP) is 4.02. The minimum absolute atomic E-state index is 0.286. The number of rotatable bonds is 13. The molecule has 1 N–H and O–H groups in total. The number of ether oxygens (including phenoxy) is 4. The lowest BCUT2D eigenvalue weighted by atomic mass is 10.1. The molecule has 33 heavy (non-hydrogen) atoms. The van der Waals surface area contributed by atoms with Crippen molar-refractivity contribution in [3.8, 4) is 17.2 Å². The van der Waals surface area contributed by atoms with Crippen LogP contribution >= 0.6 is 0 Å². The molecule has 1 fully saturated rings. The second kappa shape index (κ2) is 12.1. The van der Waals surface area contributed by atoms with Gasteiger partial charge < -0.3 is 29.0 Å². The lowest BCUT2D eigenvalue weighted by Gasteiger charge is -2.22. The number of benzene rings is 2. The van der Waals surface area contributed by atoms with Crippen molar-refractivity contribution in [1.29, 1.82) is 0 Å². The molecule has 1 atom stereocenters. The first-order chi connectivity index (χ1) is 16.0. The number of carbonyl (C=O) groups excluding carboxylic acids is 1. The van der Waals surface area contributed by atoms with Gasteiger partial charge in [-0.2, -0.15) is 0 Å². The number of carboxylic acids is 1. The predicted molar refractivity (Wildman–Crippen MR) is 122 cm³/mol. The Morgan fingerprint density at radius 1 is 1.09 bits per heavy atom. The molecule has 2 aromatic carbocycles. The number of hydrogen-bond acceptors (Lipinski definition) is 6. The van der Waals surface area contributed by atoms with E-state index >= 15 is 0 Å². The van der Waals surface area contributed by atoms with Crippen LogP contribution < -0.4 is 14.2 Å². The fourth-order valence-corrected chi connectivity index (χ4v) is 3.33. The number of carboxylic acid groups (broad SMARTS) is 1. The highest BCUT2D eigenvalue weighted by Gasteiger charge is 2.28. The SMILES string of the molecule is CCOC(Cc1ccc(OCCN(CC2CC2)C(=O)Oc2cccc(OC)c2)cc1)C(=O)O. The first-order valence-electron chi connectivity index (χ1n) is 11.2. The van der Waals surface area contributed by atoms with Gasteiger partial charge in [0.2, 0.25) is 0 Å². The van der Waals surface area contributed by atoms with Gasteiger partial charge in [0.15, 0.2) is 6.10 Å². The summed E-state index contributed by atoms with van der Waals surface area (Å²) in [6, 6.07) is 14.2. The van der Waals surface area contributed by atoms with Gasteiger partial charge in [0.1, 0.15) is 23.9 Å².